The van der Waals surface area contributed by atoms with Crippen molar-refractivity contribution in [3.63, 3.8) is 0 Å². The lowest BCUT2D eigenvalue weighted by molar-refractivity contribution is 0.538. The number of aromatic nitrogens is 1. The molecule has 0 spiro atoms. The van der Waals surface area contributed by atoms with Crippen LogP contribution in [-0.2, 0) is 16.4 Å². The van der Waals surface area contributed by atoms with E-state index in [2.05, 4.69) is 9.71 Å². The van der Waals surface area contributed by atoms with Crippen LogP contribution in [0.15, 0.2) is 51.8 Å². The fraction of sp³-hybridized carbons (Fsp3) is 0.250. The highest BCUT2D eigenvalue weighted by atomic mass is 32.2. The summed E-state index contributed by atoms with van der Waals surface area (Å²) in [5.74, 6) is 0.704. The van der Waals surface area contributed by atoms with E-state index in [4.69, 9.17) is 4.42 Å². The van der Waals surface area contributed by atoms with Crippen LogP contribution in [0.1, 0.15) is 22.6 Å². The molecule has 0 amide bonds. The van der Waals surface area contributed by atoms with Crippen LogP contribution in [0, 0.1) is 26.6 Å². The highest BCUT2D eigenvalue weighted by molar-refractivity contribution is 7.89. The van der Waals surface area contributed by atoms with Crippen molar-refractivity contribution in [3.05, 3.63) is 70.9 Å². The standard InChI is InChI=1S/C20H21FN2O3S/c1-13-4-6-16(7-5-13)20-23-18(15(3)26-20)10-11-22-27(24,25)19-9-8-17(21)12-14(19)2/h4-9,12,22H,10-11H2,1-3H3. The highest BCUT2D eigenvalue weighted by Crippen LogP contribution is 2.22. The lowest BCUT2D eigenvalue weighted by atomic mass is 10.1. The number of sulfonamides is 1. The third-order valence-electron chi connectivity index (χ3n) is 4.27. The van der Waals surface area contributed by atoms with Crippen molar-refractivity contribution in [2.45, 2.75) is 32.1 Å². The average Bonchev–Trinajstić information content (AvgIpc) is 2.96. The van der Waals surface area contributed by atoms with Crippen molar-refractivity contribution in [1.82, 2.24) is 9.71 Å². The summed E-state index contributed by atoms with van der Waals surface area (Å²) in [6, 6.07) is 11.4. The topological polar surface area (TPSA) is 72.2 Å². The second kappa shape index (κ2) is 7.62. The molecule has 142 valence electrons. The lowest BCUT2D eigenvalue weighted by Gasteiger charge is -2.08. The van der Waals surface area contributed by atoms with Gasteiger partial charge in [-0.3, -0.25) is 0 Å². The smallest absolute Gasteiger partial charge is 0.240 e. The minimum Gasteiger partial charge on any atom is -0.441 e. The third-order valence-corrected chi connectivity index (χ3v) is 5.89. The van der Waals surface area contributed by atoms with Gasteiger partial charge in [-0.05, 0) is 56.7 Å². The Balaban J connectivity index is 1.69. The van der Waals surface area contributed by atoms with Crippen LogP contribution in [-0.4, -0.2) is 19.9 Å². The zero-order valence-electron chi connectivity index (χ0n) is 15.4. The van der Waals surface area contributed by atoms with E-state index in [9.17, 15) is 12.8 Å². The number of halogens is 1. The summed E-state index contributed by atoms with van der Waals surface area (Å²) in [6.45, 7) is 5.54. The van der Waals surface area contributed by atoms with Gasteiger partial charge in [-0.1, -0.05) is 17.7 Å². The zero-order chi connectivity index (χ0) is 19.6. The molecule has 1 aromatic heterocycles. The Hall–Kier alpha value is -2.51. The van der Waals surface area contributed by atoms with E-state index in [1.807, 2.05) is 31.2 Å². The molecule has 0 aliphatic carbocycles. The van der Waals surface area contributed by atoms with Crippen molar-refractivity contribution in [2.24, 2.45) is 0 Å². The van der Waals surface area contributed by atoms with Crippen LogP contribution in [0.2, 0.25) is 0 Å². The number of oxazole rings is 1. The molecule has 0 aliphatic rings. The molecule has 3 aromatic rings. The molecule has 0 bridgehead atoms. The van der Waals surface area contributed by atoms with E-state index >= 15 is 0 Å². The molecule has 1 N–H and O–H groups in total. The van der Waals surface area contributed by atoms with Crippen LogP contribution in [0.5, 0.6) is 0 Å². The Morgan fingerprint density at radius 2 is 1.78 bits per heavy atom. The van der Waals surface area contributed by atoms with Crippen molar-refractivity contribution < 1.29 is 17.2 Å². The first-order valence-corrected chi connectivity index (χ1v) is 10.0. The van der Waals surface area contributed by atoms with Gasteiger partial charge in [-0.25, -0.2) is 22.5 Å². The van der Waals surface area contributed by atoms with E-state index in [1.54, 1.807) is 13.8 Å². The van der Waals surface area contributed by atoms with Gasteiger partial charge in [0.05, 0.1) is 10.6 Å². The minimum atomic E-state index is -3.72. The second-order valence-corrected chi connectivity index (χ2v) is 8.18. The second-order valence-electron chi connectivity index (χ2n) is 6.45. The minimum absolute atomic E-state index is 0.0705. The molecule has 0 atom stereocenters. The summed E-state index contributed by atoms with van der Waals surface area (Å²) in [4.78, 5) is 4.55. The Morgan fingerprint density at radius 3 is 2.44 bits per heavy atom. The van der Waals surface area contributed by atoms with Crippen LogP contribution in [0.4, 0.5) is 4.39 Å². The van der Waals surface area contributed by atoms with Crippen molar-refractivity contribution in [3.8, 4) is 11.5 Å². The fourth-order valence-electron chi connectivity index (χ4n) is 2.78. The van der Waals surface area contributed by atoms with Gasteiger partial charge >= 0.3 is 0 Å². The molecular formula is C20H21FN2O3S. The monoisotopic (exact) mass is 388 g/mol. The largest absolute Gasteiger partial charge is 0.441 e. The maximum Gasteiger partial charge on any atom is 0.240 e. The van der Waals surface area contributed by atoms with Gasteiger partial charge in [-0.2, -0.15) is 0 Å². The maximum absolute atomic E-state index is 13.2. The number of hydrogen-bond donors (Lipinski definition) is 1. The molecule has 7 heteroatoms. The summed E-state index contributed by atoms with van der Waals surface area (Å²) < 4.78 is 46.3. The normalized spacial score (nSPS) is 11.7. The van der Waals surface area contributed by atoms with Gasteiger partial charge in [0.2, 0.25) is 15.9 Å². The zero-order valence-corrected chi connectivity index (χ0v) is 16.2. The van der Waals surface area contributed by atoms with Crippen LogP contribution in [0.3, 0.4) is 0 Å². The fourth-order valence-corrected chi connectivity index (χ4v) is 4.03. The SMILES string of the molecule is Cc1ccc(-c2nc(CCNS(=O)(=O)c3ccc(F)cc3C)c(C)o2)cc1. The predicted molar refractivity (Wildman–Crippen MR) is 101 cm³/mol. The maximum atomic E-state index is 13.2. The summed E-state index contributed by atoms with van der Waals surface area (Å²) in [7, 11) is -3.72. The average molecular weight is 388 g/mol. The summed E-state index contributed by atoms with van der Waals surface area (Å²) >= 11 is 0. The third kappa shape index (κ3) is 4.43. The van der Waals surface area contributed by atoms with Gasteiger partial charge in [-0.15, -0.1) is 0 Å². The molecule has 3 rings (SSSR count). The molecule has 2 aromatic carbocycles. The van der Waals surface area contributed by atoms with Crippen LogP contribution < -0.4 is 4.72 Å². The number of nitrogens with one attached hydrogen (secondary N) is 1. The van der Waals surface area contributed by atoms with Crippen molar-refractivity contribution in [1.29, 1.82) is 0 Å². The first-order valence-electron chi connectivity index (χ1n) is 8.55. The molecule has 27 heavy (non-hydrogen) atoms. The number of aryl methyl sites for hydroxylation is 3. The molecule has 0 radical (unpaired) electrons. The number of rotatable bonds is 6. The van der Waals surface area contributed by atoms with Crippen LogP contribution in [0.25, 0.3) is 11.5 Å². The molecule has 0 fully saturated rings. The Labute approximate surface area is 158 Å². The summed E-state index contributed by atoms with van der Waals surface area (Å²) in [5.41, 5.74) is 3.08. The summed E-state index contributed by atoms with van der Waals surface area (Å²) in [5, 5.41) is 0. The van der Waals surface area contributed by atoms with E-state index < -0.39 is 15.8 Å². The molecule has 0 saturated heterocycles. The Kier molecular flexibility index (Phi) is 5.43. The van der Waals surface area contributed by atoms with Gasteiger partial charge in [0, 0.05) is 18.5 Å². The number of nitrogens with zero attached hydrogens (tertiary/aromatic N) is 1. The lowest BCUT2D eigenvalue weighted by Crippen LogP contribution is -2.26. The quantitative estimate of drug-likeness (QED) is 0.695. The first-order chi connectivity index (χ1) is 12.8. The highest BCUT2D eigenvalue weighted by Gasteiger charge is 2.18. The van der Waals surface area contributed by atoms with E-state index in [0.717, 1.165) is 17.2 Å². The Morgan fingerprint density at radius 1 is 1.07 bits per heavy atom. The first kappa shape index (κ1) is 19.3. The van der Waals surface area contributed by atoms with Gasteiger partial charge in [0.15, 0.2) is 0 Å². The molecule has 0 saturated carbocycles. The Bertz CT molecular complexity index is 1060. The van der Waals surface area contributed by atoms with Gasteiger partial charge in [0.1, 0.15) is 11.6 Å². The van der Waals surface area contributed by atoms with Crippen molar-refractivity contribution in [2.75, 3.05) is 6.54 Å². The number of benzene rings is 2. The molecule has 0 aliphatic heterocycles. The van der Waals surface area contributed by atoms with Crippen LogP contribution >= 0.6 is 0 Å². The van der Waals surface area contributed by atoms with Gasteiger partial charge < -0.3 is 4.42 Å². The van der Waals surface area contributed by atoms with E-state index in [-0.39, 0.29) is 11.4 Å². The van der Waals surface area contributed by atoms with Gasteiger partial charge in [0.25, 0.3) is 0 Å². The van der Waals surface area contributed by atoms with E-state index in [1.165, 1.54) is 12.1 Å². The van der Waals surface area contributed by atoms with Crippen molar-refractivity contribution >= 4 is 10.0 Å². The summed E-state index contributed by atoms with van der Waals surface area (Å²) in [6.07, 6.45) is 0.390. The molecule has 1 heterocycles. The van der Waals surface area contributed by atoms with E-state index in [0.29, 0.717) is 29.3 Å². The molecule has 5 nitrogen and oxygen atoms in total. The number of hydrogen-bond acceptors (Lipinski definition) is 4. The molecule has 0 unspecified atom stereocenters. The predicted octanol–water partition coefficient (Wildman–Crippen LogP) is 3.93. The molecular weight excluding hydrogens is 367 g/mol.